The van der Waals surface area contributed by atoms with Crippen molar-refractivity contribution in [3.05, 3.63) is 46.1 Å². The molecule has 0 radical (unpaired) electrons. The van der Waals surface area contributed by atoms with E-state index in [1.807, 2.05) is 24.3 Å². The molecule has 26 heavy (non-hydrogen) atoms. The third kappa shape index (κ3) is 4.96. The summed E-state index contributed by atoms with van der Waals surface area (Å²) in [5, 5.41) is 7.64. The molecule has 2 aromatic rings. The fraction of sp³-hybridized carbons (Fsp3) is 0.389. The van der Waals surface area contributed by atoms with E-state index in [1.165, 1.54) is 6.42 Å². The zero-order valence-electron chi connectivity index (χ0n) is 14.5. The Balaban J connectivity index is 1.65. The summed E-state index contributed by atoms with van der Waals surface area (Å²) in [6.07, 6.45) is 3.56. The number of benzene rings is 1. The van der Waals surface area contributed by atoms with E-state index in [0.717, 1.165) is 30.8 Å². The van der Waals surface area contributed by atoms with E-state index in [2.05, 4.69) is 32.4 Å². The van der Waals surface area contributed by atoms with Gasteiger partial charge in [0.1, 0.15) is 11.0 Å². The summed E-state index contributed by atoms with van der Waals surface area (Å²) in [6.45, 7) is 3.70. The summed E-state index contributed by atoms with van der Waals surface area (Å²) < 4.78 is 0. The molecule has 1 saturated heterocycles. The van der Waals surface area contributed by atoms with Gasteiger partial charge < -0.3 is 15.5 Å². The lowest BCUT2D eigenvalue weighted by Crippen LogP contribution is -2.38. The van der Waals surface area contributed by atoms with Gasteiger partial charge in [0.15, 0.2) is 5.11 Å². The molecule has 5 nitrogen and oxygen atoms in total. The molecule has 2 N–H and O–H groups in total. The van der Waals surface area contributed by atoms with Crippen molar-refractivity contribution >= 4 is 52.3 Å². The van der Waals surface area contributed by atoms with Crippen LogP contribution in [0.15, 0.2) is 30.3 Å². The lowest BCUT2D eigenvalue weighted by atomic mass is 10.0. The third-order valence-electron chi connectivity index (χ3n) is 4.40. The maximum atomic E-state index is 6.20. The number of piperidine rings is 1. The third-order valence-corrected chi connectivity index (χ3v) is 5.21. The summed E-state index contributed by atoms with van der Waals surface area (Å²) >= 11 is 17.7. The molecule has 0 aliphatic carbocycles. The van der Waals surface area contributed by atoms with Gasteiger partial charge in [-0.15, -0.1) is 0 Å². The molecule has 2 heterocycles. The molecule has 0 saturated carbocycles. The Labute approximate surface area is 169 Å². The number of nitrogens with one attached hydrogen (secondary N) is 2. The van der Waals surface area contributed by atoms with Crippen molar-refractivity contribution in [1.29, 1.82) is 0 Å². The molecule has 0 bridgehead atoms. The Morgan fingerprint density at radius 2 is 2.08 bits per heavy atom. The molecule has 1 aliphatic heterocycles. The van der Waals surface area contributed by atoms with E-state index < -0.39 is 0 Å². The standard InChI is InChI=1S/C18H21Cl2N5S/c1-12-6-4-5-9-25(12)16-10-15(20)22-17(23-16)24-18(26)21-11-13-7-2-3-8-14(13)19/h2-3,7-8,10,12H,4-6,9,11H2,1H3,(H2,21,22,23,24,26)/t12-/m0/s1. The van der Waals surface area contributed by atoms with Gasteiger partial charge in [-0.2, -0.15) is 4.98 Å². The summed E-state index contributed by atoms with van der Waals surface area (Å²) in [7, 11) is 0. The highest BCUT2D eigenvalue weighted by atomic mass is 35.5. The molecule has 3 rings (SSSR count). The predicted molar refractivity (Wildman–Crippen MR) is 112 cm³/mol. The minimum Gasteiger partial charge on any atom is -0.358 e. The second-order valence-corrected chi connectivity index (χ2v) is 7.51. The molecule has 1 atom stereocenters. The number of rotatable bonds is 4. The van der Waals surface area contributed by atoms with Crippen LogP contribution >= 0.6 is 35.4 Å². The predicted octanol–water partition coefficient (Wildman–Crippen LogP) is 4.65. The second-order valence-electron chi connectivity index (χ2n) is 6.31. The van der Waals surface area contributed by atoms with Crippen molar-refractivity contribution in [3.63, 3.8) is 0 Å². The van der Waals surface area contributed by atoms with Crippen LogP contribution in [0.1, 0.15) is 31.7 Å². The Kier molecular flexibility index (Phi) is 6.51. The Hall–Kier alpha value is -1.63. The van der Waals surface area contributed by atoms with Gasteiger partial charge in [-0.25, -0.2) is 4.98 Å². The molecular weight excluding hydrogens is 389 g/mol. The van der Waals surface area contributed by atoms with E-state index in [9.17, 15) is 0 Å². The van der Waals surface area contributed by atoms with Crippen LogP contribution in [0.2, 0.25) is 10.2 Å². The van der Waals surface area contributed by atoms with Crippen molar-refractivity contribution in [2.24, 2.45) is 0 Å². The lowest BCUT2D eigenvalue weighted by Gasteiger charge is -2.34. The number of anilines is 2. The van der Waals surface area contributed by atoms with Gasteiger partial charge in [0.2, 0.25) is 5.95 Å². The van der Waals surface area contributed by atoms with Gasteiger partial charge in [0.25, 0.3) is 0 Å². The molecule has 1 aliphatic rings. The van der Waals surface area contributed by atoms with Gasteiger partial charge in [0.05, 0.1) is 0 Å². The first-order chi connectivity index (χ1) is 12.5. The zero-order chi connectivity index (χ0) is 18.5. The van der Waals surface area contributed by atoms with E-state index in [4.69, 9.17) is 35.4 Å². The maximum Gasteiger partial charge on any atom is 0.232 e. The number of hydrogen-bond donors (Lipinski definition) is 2. The molecule has 1 aromatic carbocycles. The average molecular weight is 410 g/mol. The molecular formula is C18H21Cl2N5S. The SMILES string of the molecule is C[C@H]1CCCCN1c1cc(Cl)nc(NC(=S)NCc2ccccc2Cl)n1. The molecule has 0 spiro atoms. The first kappa shape index (κ1) is 19.1. The Morgan fingerprint density at radius 3 is 2.85 bits per heavy atom. The fourth-order valence-corrected chi connectivity index (χ4v) is 3.55. The summed E-state index contributed by atoms with van der Waals surface area (Å²) in [5.74, 6) is 1.22. The number of nitrogens with zero attached hydrogens (tertiary/aromatic N) is 3. The van der Waals surface area contributed by atoms with Crippen LogP contribution in [0.25, 0.3) is 0 Å². The maximum absolute atomic E-state index is 6.20. The number of aromatic nitrogens is 2. The van der Waals surface area contributed by atoms with E-state index in [1.54, 1.807) is 6.07 Å². The monoisotopic (exact) mass is 409 g/mol. The topological polar surface area (TPSA) is 53.1 Å². The Morgan fingerprint density at radius 1 is 1.27 bits per heavy atom. The second kappa shape index (κ2) is 8.84. The highest BCUT2D eigenvalue weighted by Crippen LogP contribution is 2.25. The molecule has 138 valence electrons. The fourth-order valence-electron chi connectivity index (χ4n) is 3.01. The Bertz CT molecular complexity index is 786. The molecule has 0 amide bonds. The summed E-state index contributed by atoms with van der Waals surface area (Å²) in [6, 6.07) is 9.86. The molecule has 0 unspecified atom stereocenters. The van der Waals surface area contributed by atoms with Gasteiger partial charge in [-0.05, 0) is 50.0 Å². The number of hydrogen-bond acceptors (Lipinski definition) is 4. The first-order valence-electron chi connectivity index (χ1n) is 8.62. The van der Waals surface area contributed by atoms with Gasteiger partial charge in [-0.1, -0.05) is 41.4 Å². The lowest BCUT2D eigenvalue weighted by molar-refractivity contribution is 0.481. The molecule has 1 aromatic heterocycles. The smallest absolute Gasteiger partial charge is 0.232 e. The summed E-state index contributed by atoms with van der Waals surface area (Å²) in [4.78, 5) is 11.1. The van der Waals surface area contributed by atoms with Gasteiger partial charge in [0, 0.05) is 30.2 Å². The first-order valence-corrected chi connectivity index (χ1v) is 9.79. The zero-order valence-corrected chi connectivity index (χ0v) is 16.8. The van der Waals surface area contributed by atoms with E-state index >= 15 is 0 Å². The van der Waals surface area contributed by atoms with Gasteiger partial charge in [-0.3, -0.25) is 0 Å². The minimum absolute atomic E-state index is 0.391. The van der Waals surface area contributed by atoms with Gasteiger partial charge >= 0.3 is 0 Å². The van der Waals surface area contributed by atoms with Crippen molar-refractivity contribution in [2.75, 3.05) is 16.8 Å². The van der Waals surface area contributed by atoms with Crippen LogP contribution in [0.5, 0.6) is 0 Å². The molecule has 1 fully saturated rings. The average Bonchev–Trinajstić information content (AvgIpc) is 2.61. The van der Waals surface area contributed by atoms with Crippen molar-refractivity contribution in [2.45, 2.75) is 38.8 Å². The summed E-state index contributed by atoms with van der Waals surface area (Å²) in [5.41, 5.74) is 0.966. The quantitative estimate of drug-likeness (QED) is 0.566. The van der Waals surface area contributed by atoms with Crippen LogP contribution in [-0.2, 0) is 6.54 Å². The number of thiocarbonyl (C=S) groups is 1. The van der Waals surface area contributed by atoms with Crippen LogP contribution in [0, 0.1) is 0 Å². The van der Waals surface area contributed by atoms with Crippen LogP contribution in [-0.4, -0.2) is 27.7 Å². The van der Waals surface area contributed by atoms with Crippen LogP contribution in [0.4, 0.5) is 11.8 Å². The van der Waals surface area contributed by atoms with E-state index in [-0.39, 0.29) is 0 Å². The van der Waals surface area contributed by atoms with Crippen LogP contribution < -0.4 is 15.5 Å². The normalized spacial score (nSPS) is 17.0. The minimum atomic E-state index is 0.391. The van der Waals surface area contributed by atoms with E-state index in [0.29, 0.717) is 33.8 Å². The molecule has 8 heteroatoms. The van der Waals surface area contributed by atoms with Crippen molar-refractivity contribution in [3.8, 4) is 0 Å². The van der Waals surface area contributed by atoms with Crippen LogP contribution in [0.3, 0.4) is 0 Å². The van der Waals surface area contributed by atoms with Crippen molar-refractivity contribution in [1.82, 2.24) is 15.3 Å². The van der Waals surface area contributed by atoms with Crippen molar-refractivity contribution < 1.29 is 0 Å². The highest BCUT2D eigenvalue weighted by Gasteiger charge is 2.21. The number of halogens is 2. The highest BCUT2D eigenvalue weighted by molar-refractivity contribution is 7.80. The largest absolute Gasteiger partial charge is 0.358 e.